The van der Waals surface area contributed by atoms with Crippen LogP contribution in [0.3, 0.4) is 0 Å². The molecule has 0 saturated carbocycles. The standard InChI is InChI=1S/C17H27N/c1-12(11-14(3)16(5)18)9-10-17-8-6-7-13(2)15(17)4/h8,14,18H,1,6-7,9-11H2,2-5H3. The average molecular weight is 245 g/mol. The Hall–Kier alpha value is -1.11. The monoisotopic (exact) mass is 245 g/mol. The van der Waals surface area contributed by atoms with Crippen LogP contribution in [0.15, 0.2) is 34.9 Å². The van der Waals surface area contributed by atoms with Crippen molar-refractivity contribution in [3.05, 3.63) is 34.9 Å². The molecule has 0 aliphatic heterocycles. The molecule has 0 radical (unpaired) electrons. The Kier molecular flexibility index (Phi) is 5.58. The quantitative estimate of drug-likeness (QED) is 0.475. The molecule has 0 bridgehead atoms. The van der Waals surface area contributed by atoms with E-state index in [2.05, 4.69) is 33.4 Å². The van der Waals surface area contributed by atoms with Crippen molar-refractivity contribution in [2.24, 2.45) is 5.92 Å². The lowest BCUT2D eigenvalue weighted by Gasteiger charge is -2.18. The van der Waals surface area contributed by atoms with E-state index in [1.807, 2.05) is 6.92 Å². The maximum atomic E-state index is 7.62. The fourth-order valence-corrected chi connectivity index (χ4v) is 2.37. The first kappa shape index (κ1) is 14.9. The Morgan fingerprint density at radius 1 is 1.44 bits per heavy atom. The normalized spacial score (nSPS) is 17.4. The first-order valence-electron chi connectivity index (χ1n) is 6.99. The van der Waals surface area contributed by atoms with Gasteiger partial charge in [-0.05, 0) is 69.9 Å². The molecule has 0 aromatic heterocycles. The molecule has 1 aliphatic rings. The Morgan fingerprint density at radius 2 is 2.11 bits per heavy atom. The molecule has 18 heavy (non-hydrogen) atoms. The smallest absolute Gasteiger partial charge is 0.00895 e. The molecule has 0 fully saturated rings. The molecule has 1 rings (SSSR count). The largest absolute Gasteiger partial charge is 0.310 e. The Labute approximate surface area is 112 Å². The van der Waals surface area contributed by atoms with Crippen LogP contribution < -0.4 is 0 Å². The lowest BCUT2D eigenvalue weighted by atomic mass is 9.88. The molecule has 1 nitrogen and oxygen atoms in total. The van der Waals surface area contributed by atoms with Gasteiger partial charge in [-0.25, -0.2) is 0 Å². The molecule has 0 heterocycles. The molecule has 1 unspecified atom stereocenters. The minimum absolute atomic E-state index is 0.344. The van der Waals surface area contributed by atoms with Crippen molar-refractivity contribution in [2.75, 3.05) is 0 Å². The van der Waals surface area contributed by atoms with Gasteiger partial charge in [-0.2, -0.15) is 0 Å². The van der Waals surface area contributed by atoms with E-state index >= 15 is 0 Å². The molecule has 1 heteroatoms. The van der Waals surface area contributed by atoms with Gasteiger partial charge in [-0.3, -0.25) is 0 Å². The first-order chi connectivity index (χ1) is 8.41. The van der Waals surface area contributed by atoms with Crippen LogP contribution in [0.2, 0.25) is 0 Å². The van der Waals surface area contributed by atoms with Gasteiger partial charge in [0.25, 0.3) is 0 Å². The van der Waals surface area contributed by atoms with E-state index in [1.54, 1.807) is 5.57 Å². The van der Waals surface area contributed by atoms with E-state index in [9.17, 15) is 0 Å². The summed E-state index contributed by atoms with van der Waals surface area (Å²) in [5, 5.41) is 7.62. The third-order valence-corrected chi connectivity index (χ3v) is 4.11. The Balaban J connectivity index is 2.44. The van der Waals surface area contributed by atoms with Crippen molar-refractivity contribution in [3.8, 4) is 0 Å². The van der Waals surface area contributed by atoms with Gasteiger partial charge in [0, 0.05) is 5.71 Å². The summed E-state index contributed by atoms with van der Waals surface area (Å²) in [5.74, 6) is 0.344. The van der Waals surface area contributed by atoms with Gasteiger partial charge in [0.1, 0.15) is 0 Å². The molecule has 0 aromatic rings. The topological polar surface area (TPSA) is 23.9 Å². The molecule has 0 aromatic carbocycles. The van der Waals surface area contributed by atoms with Gasteiger partial charge in [-0.1, -0.05) is 30.7 Å². The van der Waals surface area contributed by atoms with Crippen molar-refractivity contribution in [2.45, 2.75) is 59.8 Å². The molecular formula is C17H27N. The van der Waals surface area contributed by atoms with Crippen LogP contribution in [-0.4, -0.2) is 5.71 Å². The summed E-state index contributed by atoms with van der Waals surface area (Å²) >= 11 is 0. The van der Waals surface area contributed by atoms with Crippen LogP contribution in [-0.2, 0) is 0 Å². The molecule has 100 valence electrons. The van der Waals surface area contributed by atoms with E-state index in [0.29, 0.717) is 5.92 Å². The third-order valence-electron chi connectivity index (χ3n) is 4.11. The summed E-state index contributed by atoms with van der Waals surface area (Å²) < 4.78 is 0. The summed E-state index contributed by atoms with van der Waals surface area (Å²) in [6, 6.07) is 0. The van der Waals surface area contributed by atoms with Gasteiger partial charge in [0.15, 0.2) is 0 Å². The fourth-order valence-electron chi connectivity index (χ4n) is 2.37. The zero-order valence-corrected chi connectivity index (χ0v) is 12.4. The maximum absolute atomic E-state index is 7.62. The second-order valence-electron chi connectivity index (χ2n) is 5.71. The molecule has 0 spiro atoms. The van der Waals surface area contributed by atoms with Gasteiger partial charge in [0.05, 0.1) is 0 Å². The zero-order chi connectivity index (χ0) is 13.7. The Bertz CT molecular complexity index is 396. The minimum Gasteiger partial charge on any atom is -0.310 e. The highest BCUT2D eigenvalue weighted by atomic mass is 14.4. The SMILES string of the molecule is C=C(CCC1=CCCC(C)=C1C)CC(C)C(C)=N. The second-order valence-corrected chi connectivity index (χ2v) is 5.71. The number of rotatable bonds is 6. The van der Waals surface area contributed by atoms with Crippen LogP contribution >= 0.6 is 0 Å². The zero-order valence-electron chi connectivity index (χ0n) is 12.4. The van der Waals surface area contributed by atoms with Crippen molar-refractivity contribution in [1.82, 2.24) is 0 Å². The molecule has 1 N–H and O–H groups in total. The van der Waals surface area contributed by atoms with E-state index < -0.39 is 0 Å². The summed E-state index contributed by atoms with van der Waals surface area (Å²) in [7, 11) is 0. The fraction of sp³-hybridized carbons (Fsp3) is 0.588. The predicted molar refractivity (Wildman–Crippen MR) is 81.2 cm³/mol. The molecule has 0 saturated heterocycles. The maximum Gasteiger partial charge on any atom is 0.00895 e. The van der Waals surface area contributed by atoms with Gasteiger partial charge in [-0.15, -0.1) is 0 Å². The first-order valence-corrected chi connectivity index (χ1v) is 6.99. The average Bonchev–Trinajstić information content (AvgIpc) is 2.31. The van der Waals surface area contributed by atoms with Gasteiger partial charge < -0.3 is 5.41 Å². The third kappa shape index (κ3) is 4.29. The van der Waals surface area contributed by atoms with Crippen LogP contribution in [0.4, 0.5) is 0 Å². The number of hydrogen-bond donors (Lipinski definition) is 1. The second kappa shape index (κ2) is 6.72. The molecule has 1 aliphatic carbocycles. The predicted octanol–water partition coefficient (Wildman–Crippen LogP) is 5.45. The van der Waals surface area contributed by atoms with Crippen molar-refractivity contribution in [1.29, 1.82) is 5.41 Å². The highest BCUT2D eigenvalue weighted by Gasteiger charge is 2.11. The van der Waals surface area contributed by atoms with Crippen molar-refractivity contribution >= 4 is 5.71 Å². The summed E-state index contributed by atoms with van der Waals surface area (Å²) in [6.07, 6.45) is 7.95. The molecular weight excluding hydrogens is 218 g/mol. The number of nitrogens with one attached hydrogen (secondary N) is 1. The van der Waals surface area contributed by atoms with E-state index in [0.717, 1.165) is 25.0 Å². The number of hydrogen-bond acceptors (Lipinski definition) is 1. The van der Waals surface area contributed by atoms with E-state index in [1.165, 1.54) is 29.6 Å². The van der Waals surface area contributed by atoms with Crippen LogP contribution in [0.1, 0.15) is 59.8 Å². The van der Waals surface area contributed by atoms with Crippen LogP contribution in [0.5, 0.6) is 0 Å². The van der Waals surface area contributed by atoms with E-state index in [-0.39, 0.29) is 0 Å². The summed E-state index contributed by atoms with van der Waals surface area (Å²) in [6.45, 7) is 12.7. The number of allylic oxidation sites excluding steroid dienone is 5. The minimum atomic E-state index is 0.344. The lowest BCUT2D eigenvalue weighted by Crippen LogP contribution is -2.06. The van der Waals surface area contributed by atoms with Gasteiger partial charge in [0.2, 0.25) is 0 Å². The van der Waals surface area contributed by atoms with Crippen LogP contribution in [0, 0.1) is 11.3 Å². The highest BCUT2D eigenvalue weighted by molar-refractivity contribution is 5.81. The van der Waals surface area contributed by atoms with Crippen LogP contribution in [0.25, 0.3) is 0 Å². The Morgan fingerprint density at radius 3 is 2.72 bits per heavy atom. The summed E-state index contributed by atoms with van der Waals surface area (Å²) in [4.78, 5) is 0. The molecule has 0 amide bonds. The van der Waals surface area contributed by atoms with E-state index in [4.69, 9.17) is 5.41 Å². The molecule has 1 atom stereocenters. The van der Waals surface area contributed by atoms with Crippen molar-refractivity contribution < 1.29 is 0 Å². The van der Waals surface area contributed by atoms with Gasteiger partial charge >= 0.3 is 0 Å². The summed E-state index contributed by atoms with van der Waals surface area (Å²) in [5.41, 5.74) is 6.59. The highest BCUT2D eigenvalue weighted by Crippen LogP contribution is 2.29. The van der Waals surface area contributed by atoms with Crippen molar-refractivity contribution in [3.63, 3.8) is 0 Å². The lowest BCUT2D eigenvalue weighted by molar-refractivity contribution is 0.714.